The van der Waals surface area contributed by atoms with Crippen LogP contribution in [0.3, 0.4) is 0 Å². The number of halogens is 1. The summed E-state index contributed by atoms with van der Waals surface area (Å²) in [4.78, 5) is 0. The SMILES string of the molecule is NC1CC(C(N)c2ccc(Br)cc2)C1. The van der Waals surface area contributed by atoms with E-state index in [0.29, 0.717) is 12.0 Å². The molecule has 2 nitrogen and oxygen atoms in total. The summed E-state index contributed by atoms with van der Waals surface area (Å²) in [6, 6.07) is 8.77. The standard InChI is InChI=1S/C11H15BrN2/c12-9-3-1-7(2-4-9)11(14)8-5-10(13)6-8/h1-4,8,10-11H,5-6,13-14H2. The lowest BCUT2D eigenvalue weighted by atomic mass is 9.74. The lowest BCUT2D eigenvalue weighted by Gasteiger charge is -2.36. The van der Waals surface area contributed by atoms with Crippen LogP contribution in [0.1, 0.15) is 24.4 Å². The van der Waals surface area contributed by atoms with E-state index in [4.69, 9.17) is 11.5 Å². The fraction of sp³-hybridized carbons (Fsp3) is 0.455. The Balaban J connectivity index is 2.04. The molecule has 2 rings (SSSR count). The van der Waals surface area contributed by atoms with Gasteiger partial charge in [-0.2, -0.15) is 0 Å². The third-order valence-corrected chi connectivity index (χ3v) is 3.50. The summed E-state index contributed by atoms with van der Waals surface area (Å²) in [5.41, 5.74) is 13.1. The highest BCUT2D eigenvalue weighted by molar-refractivity contribution is 9.10. The molecule has 0 saturated heterocycles. The quantitative estimate of drug-likeness (QED) is 0.851. The first-order valence-corrected chi connectivity index (χ1v) is 5.73. The van der Waals surface area contributed by atoms with Crippen LogP contribution in [0.2, 0.25) is 0 Å². The van der Waals surface area contributed by atoms with Crippen molar-refractivity contribution in [3.8, 4) is 0 Å². The largest absolute Gasteiger partial charge is 0.328 e. The molecule has 0 spiro atoms. The number of hydrogen-bond donors (Lipinski definition) is 2. The maximum atomic E-state index is 6.14. The highest BCUT2D eigenvalue weighted by atomic mass is 79.9. The summed E-state index contributed by atoms with van der Waals surface area (Å²) >= 11 is 3.41. The van der Waals surface area contributed by atoms with E-state index < -0.39 is 0 Å². The van der Waals surface area contributed by atoms with Crippen LogP contribution in [0.25, 0.3) is 0 Å². The summed E-state index contributed by atoms with van der Waals surface area (Å²) in [5, 5.41) is 0. The Hall–Kier alpha value is -0.380. The van der Waals surface area contributed by atoms with Crippen LogP contribution >= 0.6 is 15.9 Å². The average molecular weight is 255 g/mol. The molecule has 1 atom stereocenters. The van der Waals surface area contributed by atoms with Gasteiger partial charge >= 0.3 is 0 Å². The molecule has 0 aromatic heterocycles. The van der Waals surface area contributed by atoms with Gasteiger partial charge in [0.2, 0.25) is 0 Å². The fourth-order valence-corrected chi connectivity index (χ4v) is 2.22. The Morgan fingerprint density at radius 2 is 1.79 bits per heavy atom. The summed E-state index contributed by atoms with van der Waals surface area (Å²) in [6.45, 7) is 0. The average Bonchev–Trinajstić information content (AvgIpc) is 2.13. The highest BCUT2D eigenvalue weighted by Gasteiger charge is 2.31. The molecule has 0 aliphatic heterocycles. The van der Waals surface area contributed by atoms with E-state index in [1.54, 1.807) is 0 Å². The predicted molar refractivity (Wildman–Crippen MR) is 61.8 cm³/mol. The zero-order chi connectivity index (χ0) is 10.1. The van der Waals surface area contributed by atoms with Gasteiger partial charge in [0, 0.05) is 16.6 Å². The van der Waals surface area contributed by atoms with Gasteiger partial charge in [0.05, 0.1) is 0 Å². The van der Waals surface area contributed by atoms with Gasteiger partial charge in [-0.3, -0.25) is 0 Å². The van der Waals surface area contributed by atoms with E-state index in [-0.39, 0.29) is 6.04 Å². The zero-order valence-corrected chi connectivity index (χ0v) is 9.57. The third-order valence-electron chi connectivity index (χ3n) is 2.97. The number of nitrogens with two attached hydrogens (primary N) is 2. The number of hydrogen-bond acceptors (Lipinski definition) is 2. The first-order chi connectivity index (χ1) is 6.66. The monoisotopic (exact) mass is 254 g/mol. The molecule has 1 aromatic carbocycles. The van der Waals surface area contributed by atoms with Crippen molar-refractivity contribution in [2.75, 3.05) is 0 Å². The van der Waals surface area contributed by atoms with Gasteiger partial charge < -0.3 is 11.5 Å². The Kier molecular flexibility index (Phi) is 2.91. The van der Waals surface area contributed by atoms with Crippen molar-refractivity contribution in [2.45, 2.75) is 24.9 Å². The fourth-order valence-electron chi connectivity index (χ4n) is 1.96. The molecule has 0 radical (unpaired) electrons. The topological polar surface area (TPSA) is 52.0 Å². The molecular weight excluding hydrogens is 240 g/mol. The van der Waals surface area contributed by atoms with Crippen molar-refractivity contribution in [3.05, 3.63) is 34.3 Å². The lowest BCUT2D eigenvalue weighted by molar-refractivity contribution is 0.224. The van der Waals surface area contributed by atoms with Crippen LogP contribution in [0, 0.1) is 5.92 Å². The van der Waals surface area contributed by atoms with E-state index in [1.165, 1.54) is 5.56 Å². The molecule has 3 heteroatoms. The molecule has 4 N–H and O–H groups in total. The molecule has 0 amide bonds. The van der Waals surface area contributed by atoms with Gasteiger partial charge in [0.1, 0.15) is 0 Å². The minimum Gasteiger partial charge on any atom is -0.328 e. The summed E-state index contributed by atoms with van der Waals surface area (Å²) in [7, 11) is 0. The molecule has 1 saturated carbocycles. The number of rotatable bonds is 2. The molecule has 0 bridgehead atoms. The lowest BCUT2D eigenvalue weighted by Crippen LogP contribution is -2.41. The van der Waals surface area contributed by atoms with Gasteiger partial charge in [-0.15, -0.1) is 0 Å². The van der Waals surface area contributed by atoms with Crippen LogP contribution in [0.15, 0.2) is 28.7 Å². The van der Waals surface area contributed by atoms with E-state index in [9.17, 15) is 0 Å². The highest BCUT2D eigenvalue weighted by Crippen LogP contribution is 2.35. The van der Waals surface area contributed by atoms with E-state index in [2.05, 4.69) is 28.1 Å². The minimum absolute atomic E-state index is 0.155. The normalized spacial score (nSPS) is 28.2. The van der Waals surface area contributed by atoms with Crippen LogP contribution in [-0.4, -0.2) is 6.04 Å². The Morgan fingerprint density at radius 1 is 1.21 bits per heavy atom. The van der Waals surface area contributed by atoms with Crippen molar-refractivity contribution < 1.29 is 0 Å². The van der Waals surface area contributed by atoms with Crippen molar-refractivity contribution in [2.24, 2.45) is 17.4 Å². The summed E-state index contributed by atoms with van der Waals surface area (Å²) < 4.78 is 1.10. The zero-order valence-electron chi connectivity index (χ0n) is 7.99. The Bertz CT molecular complexity index is 304. The van der Waals surface area contributed by atoms with Gasteiger partial charge in [0.25, 0.3) is 0 Å². The van der Waals surface area contributed by atoms with Gasteiger partial charge in [-0.1, -0.05) is 28.1 Å². The molecule has 1 aliphatic carbocycles. The Labute approximate surface area is 92.8 Å². The molecule has 0 heterocycles. The second-order valence-electron chi connectivity index (χ2n) is 4.07. The van der Waals surface area contributed by atoms with Crippen molar-refractivity contribution in [3.63, 3.8) is 0 Å². The summed E-state index contributed by atoms with van der Waals surface area (Å²) in [5.74, 6) is 0.575. The first kappa shape index (κ1) is 10.1. The minimum atomic E-state index is 0.155. The van der Waals surface area contributed by atoms with E-state index >= 15 is 0 Å². The second-order valence-corrected chi connectivity index (χ2v) is 4.98. The molecule has 1 fully saturated rings. The molecule has 76 valence electrons. The summed E-state index contributed by atoms with van der Waals surface area (Å²) in [6.07, 6.45) is 2.13. The van der Waals surface area contributed by atoms with Crippen LogP contribution in [-0.2, 0) is 0 Å². The molecule has 14 heavy (non-hydrogen) atoms. The second kappa shape index (κ2) is 4.01. The predicted octanol–water partition coefficient (Wildman–Crippen LogP) is 2.19. The molecular formula is C11H15BrN2. The Morgan fingerprint density at radius 3 is 2.29 bits per heavy atom. The third kappa shape index (κ3) is 2.00. The van der Waals surface area contributed by atoms with E-state index in [1.807, 2.05) is 12.1 Å². The van der Waals surface area contributed by atoms with Crippen molar-refractivity contribution in [1.29, 1.82) is 0 Å². The molecule has 1 aliphatic rings. The molecule has 1 unspecified atom stereocenters. The van der Waals surface area contributed by atoms with Crippen LogP contribution < -0.4 is 11.5 Å². The maximum absolute atomic E-state index is 6.14. The molecule has 1 aromatic rings. The van der Waals surface area contributed by atoms with Crippen LogP contribution in [0.4, 0.5) is 0 Å². The maximum Gasteiger partial charge on any atom is 0.0324 e. The van der Waals surface area contributed by atoms with Gasteiger partial charge in [0.15, 0.2) is 0 Å². The first-order valence-electron chi connectivity index (χ1n) is 4.93. The van der Waals surface area contributed by atoms with Crippen molar-refractivity contribution >= 4 is 15.9 Å². The van der Waals surface area contributed by atoms with Gasteiger partial charge in [-0.25, -0.2) is 0 Å². The van der Waals surface area contributed by atoms with Gasteiger partial charge in [-0.05, 0) is 36.5 Å². The van der Waals surface area contributed by atoms with Crippen molar-refractivity contribution in [1.82, 2.24) is 0 Å². The van der Waals surface area contributed by atoms with E-state index in [0.717, 1.165) is 17.3 Å². The smallest absolute Gasteiger partial charge is 0.0324 e. The van der Waals surface area contributed by atoms with Crippen LogP contribution in [0.5, 0.6) is 0 Å². The number of benzene rings is 1.